The quantitative estimate of drug-likeness (QED) is 0.0884. The third kappa shape index (κ3) is 8.24. The average molecular weight is 713 g/mol. The molecule has 2 aromatic heterocycles. The Balaban J connectivity index is 1.06. The number of H-pyrrole nitrogens is 2. The molecule has 0 spiro atoms. The number of benzene rings is 2. The van der Waals surface area contributed by atoms with E-state index in [1.54, 1.807) is 23.9 Å². The van der Waals surface area contributed by atoms with Crippen LogP contribution in [0.4, 0.5) is 9.59 Å². The first kappa shape index (κ1) is 36.5. The molecule has 52 heavy (non-hydrogen) atoms. The number of nitrogens with one attached hydrogen (secondary N) is 4. The number of amides is 4. The molecule has 6 rings (SSSR count). The second-order valence-electron chi connectivity index (χ2n) is 14.1. The van der Waals surface area contributed by atoms with Gasteiger partial charge in [0.1, 0.15) is 0 Å². The fourth-order valence-electron chi connectivity index (χ4n) is 6.79. The van der Waals surface area contributed by atoms with E-state index in [0.29, 0.717) is 25.9 Å². The molecule has 4 aromatic rings. The van der Waals surface area contributed by atoms with Crippen molar-refractivity contribution in [3.63, 3.8) is 0 Å². The number of carbonyl (C=O) groups is 4. The Morgan fingerprint density at radius 3 is 1.48 bits per heavy atom. The third-order valence-electron chi connectivity index (χ3n) is 10.1. The van der Waals surface area contributed by atoms with Crippen LogP contribution < -0.4 is 10.6 Å². The van der Waals surface area contributed by atoms with Crippen molar-refractivity contribution in [3.05, 3.63) is 83.2 Å². The van der Waals surface area contributed by atoms with Gasteiger partial charge in [-0.15, -0.1) is 0 Å². The van der Waals surface area contributed by atoms with Gasteiger partial charge in [-0.2, -0.15) is 0 Å². The number of nitrogens with zero attached hydrogens (tertiary/aromatic N) is 4. The minimum atomic E-state index is -0.659. The zero-order valence-corrected chi connectivity index (χ0v) is 30.6. The maximum atomic E-state index is 12.9. The van der Waals surface area contributed by atoms with Crippen LogP contribution in [0, 0.1) is 0 Å². The van der Waals surface area contributed by atoms with E-state index in [1.165, 1.54) is 0 Å². The number of carbonyl (C=O) groups excluding carboxylic acids is 4. The molecule has 0 bridgehead atoms. The fraction of sp³-hybridized carbons (Fsp3) is 0.421. The van der Waals surface area contributed by atoms with Crippen LogP contribution >= 0.6 is 0 Å². The average Bonchev–Trinajstić information content (AvgIpc) is 3.87. The highest BCUT2D eigenvalue weighted by Crippen LogP contribution is 2.26. The van der Waals surface area contributed by atoms with Crippen LogP contribution in [0.15, 0.2) is 60.9 Å². The predicted octanol–water partition coefficient (Wildman–Crippen LogP) is 2.98. The van der Waals surface area contributed by atoms with Crippen molar-refractivity contribution in [3.8, 4) is 0 Å². The second-order valence-corrected chi connectivity index (χ2v) is 14.1. The standard InChI is InChI=1S/C38H48N8O6/c1-43(2)33(17-25-19-39-31-9-7-23(15-29(25)31)13-27-21-41-37(49)45(27)5)51-35(47)11-12-36(48)52-34(44(3)4)18-26-20-40-32-10-8-24(16-30(26)32)14-28-22-42-38(50)46(28)6/h7-12,15-16,19-20,27-28,33-34,39-40H,13-14,17-18,21-22H2,1-6H3,(H,41,49)(H,42,50)/b12-11-. The minimum absolute atomic E-state index is 0.0639. The SMILES string of the molecule is CN(C)C(Cc1c[nH]c2ccc(CC3CNC(=O)N3C)cc12)OC(=O)/C=C\C(=O)OC(Cc1c[nH]c2ccc(CC3CNC(=O)N3C)cc12)N(C)C. The largest absolute Gasteiger partial charge is 0.443 e. The zero-order valence-electron chi connectivity index (χ0n) is 30.6. The lowest BCUT2D eigenvalue weighted by Crippen LogP contribution is -2.35. The fourth-order valence-corrected chi connectivity index (χ4v) is 6.79. The summed E-state index contributed by atoms with van der Waals surface area (Å²) in [4.78, 5) is 63.4. The predicted molar refractivity (Wildman–Crippen MR) is 198 cm³/mol. The number of hydrogen-bond acceptors (Lipinski definition) is 8. The van der Waals surface area contributed by atoms with Crippen molar-refractivity contribution in [2.45, 2.75) is 50.2 Å². The summed E-state index contributed by atoms with van der Waals surface area (Å²) in [7, 11) is 10.9. The van der Waals surface area contributed by atoms with E-state index >= 15 is 0 Å². The number of ether oxygens (including phenoxy) is 2. The van der Waals surface area contributed by atoms with Gasteiger partial charge in [0.2, 0.25) is 0 Å². The van der Waals surface area contributed by atoms with Crippen LogP contribution in [-0.4, -0.2) is 133 Å². The topological polar surface area (TPSA) is 155 Å². The molecular weight excluding hydrogens is 664 g/mol. The lowest BCUT2D eigenvalue weighted by molar-refractivity contribution is -0.153. The zero-order chi connectivity index (χ0) is 37.1. The number of urea groups is 2. The number of rotatable bonds is 14. The van der Waals surface area contributed by atoms with Crippen LogP contribution in [0.3, 0.4) is 0 Å². The van der Waals surface area contributed by atoms with Crippen molar-refractivity contribution < 1.29 is 28.7 Å². The second kappa shape index (κ2) is 15.5. The van der Waals surface area contributed by atoms with Gasteiger partial charge in [-0.1, -0.05) is 12.1 Å². The summed E-state index contributed by atoms with van der Waals surface area (Å²) in [6, 6.07) is 12.4. The lowest BCUT2D eigenvalue weighted by Gasteiger charge is -2.24. The summed E-state index contributed by atoms with van der Waals surface area (Å²) in [6.45, 7) is 1.21. The molecule has 2 aromatic carbocycles. The summed E-state index contributed by atoms with van der Waals surface area (Å²) in [5.41, 5.74) is 6.12. The maximum absolute atomic E-state index is 12.9. The van der Waals surface area contributed by atoms with Crippen molar-refractivity contribution in [2.24, 2.45) is 0 Å². The van der Waals surface area contributed by atoms with E-state index in [1.807, 2.05) is 62.5 Å². The molecule has 0 radical (unpaired) electrons. The molecule has 2 saturated heterocycles. The molecule has 4 amide bonds. The number of aromatic amines is 2. The van der Waals surface area contributed by atoms with Crippen LogP contribution in [0.5, 0.6) is 0 Å². The highest BCUT2D eigenvalue weighted by atomic mass is 16.6. The Bertz CT molecular complexity index is 1840. The summed E-state index contributed by atoms with van der Waals surface area (Å²) in [5.74, 6) is -1.32. The third-order valence-corrected chi connectivity index (χ3v) is 10.1. The molecule has 14 nitrogen and oxygen atoms in total. The summed E-state index contributed by atoms with van der Waals surface area (Å²) in [5, 5.41) is 7.80. The highest BCUT2D eigenvalue weighted by Gasteiger charge is 2.29. The molecule has 0 saturated carbocycles. The van der Waals surface area contributed by atoms with Crippen molar-refractivity contribution in [2.75, 3.05) is 55.4 Å². The lowest BCUT2D eigenvalue weighted by atomic mass is 10.0. The van der Waals surface area contributed by atoms with Gasteiger partial charge in [-0.25, -0.2) is 19.2 Å². The van der Waals surface area contributed by atoms with Crippen LogP contribution in [-0.2, 0) is 44.7 Å². The van der Waals surface area contributed by atoms with Gasteiger partial charge in [0, 0.05) is 86.4 Å². The monoisotopic (exact) mass is 712 g/mol. The molecule has 0 aliphatic carbocycles. The Kier molecular flexibility index (Phi) is 10.9. The molecular formula is C38H48N8O6. The van der Waals surface area contributed by atoms with Gasteiger partial charge in [-0.3, -0.25) is 9.80 Å². The number of likely N-dealkylation sites (N-methyl/N-ethyl adjacent to an activating group) is 4. The minimum Gasteiger partial charge on any atom is -0.443 e. The summed E-state index contributed by atoms with van der Waals surface area (Å²) in [6.07, 6.45) is 7.15. The molecule has 2 fully saturated rings. The normalized spacial score (nSPS) is 18.9. The summed E-state index contributed by atoms with van der Waals surface area (Å²) < 4.78 is 11.6. The molecule has 4 unspecified atom stereocenters. The van der Waals surface area contributed by atoms with E-state index in [0.717, 1.165) is 69.1 Å². The first-order valence-corrected chi connectivity index (χ1v) is 17.5. The van der Waals surface area contributed by atoms with Crippen molar-refractivity contribution in [1.82, 2.24) is 40.2 Å². The molecule has 4 heterocycles. The van der Waals surface area contributed by atoms with Gasteiger partial charge in [0.05, 0.1) is 12.1 Å². The maximum Gasteiger partial charge on any atom is 0.332 e. The first-order chi connectivity index (χ1) is 24.9. The van der Waals surface area contributed by atoms with Gasteiger partial charge in [-0.05, 0) is 87.6 Å². The Morgan fingerprint density at radius 2 is 1.13 bits per heavy atom. The molecule has 276 valence electrons. The van der Waals surface area contributed by atoms with Crippen molar-refractivity contribution >= 4 is 45.8 Å². The van der Waals surface area contributed by atoms with E-state index in [2.05, 4.69) is 44.9 Å². The number of hydrogen-bond donors (Lipinski definition) is 4. The van der Waals surface area contributed by atoms with Gasteiger partial charge in [0.25, 0.3) is 0 Å². The number of aromatic nitrogens is 2. The van der Waals surface area contributed by atoms with Crippen LogP contribution in [0.25, 0.3) is 21.8 Å². The Hall–Kier alpha value is -5.34. The Labute approximate surface area is 303 Å². The van der Waals surface area contributed by atoms with Crippen LogP contribution in [0.2, 0.25) is 0 Å². The van der Waals surface area contributed by atoms with E-state index in [9.17, 15) is 19.2 Å². The summed E-state index contributed by atoms with van der Waals surface area (Å²) >= 11 is 0. The van der Waals surface area contributed by atoms with Gasteiger partial charge >= 0.3 is 24.0 Å². The highest BCUT2D eigenvalue weighted by molar-refractivity contribution is 5.92. The van der Waals surface area contributed by atoms with Gasteiger partial charge in [0.15, 0.2) is 12.5 Å². The van der Waals surface area contributed by atoms with E-state index < -0.39 is 24.4 Å². The molecule has 14 heteroatoms. The number of fused-ring (bicyclic) bond motifs is 2. The van der Waals surface area contributed by atoms with E-state index in [-0.39, 0.29) is 24.1 Å². The Morgan fingerprint density at radius 1 is 0.731 bits per heavy atom. The van der Waals surface area contributed by atoms with Crippen molar-refractivity contribution in [1.29, 1.82) is 0 Å². The molecule has 4 N–H and O–H groups in total. The smallest absolute Gasteiger partial charge is 0.332 e. The number of esters is 2. The molecule has 2 aliphatic heterocycles. The molecule has 4 atom stereocenters. The first-order valence-electron chi connectivity index (χ1n) is 17.5. The molecule has 2 aliphatic rings. The van der Waals surface area contributed by atoms with Gasteiger partial charge < -0.3 is 39.9 Å². The van der Waals surface area contributed by atoms with Crippen LogP contribution in [0.1, 0.15) is 22.3 Å². The van der Waals surface area contributed by atoms with E-state index in [4.69, 9.17) is 9.47 Å².